The van der Waals surface area contributed by atoms with Gasteiger partial charge in [-0.1, -0.05) is 0 Å². The molecule has 0 aromatic heterocycles. The van der Waals surface area contributed by atoms with E-state index >= 15 is 0 Å². The van der Waals surface area contributed by atoms with Crippen LogP contribution >= 0.6 is 0 Å². The summed E-state index contributed by atoms with van der Waals surface area (Å²) in [5.41, 5.74) is 1.11. The first kappa shape index (κ1) is 10.9. The Balaban J connectivity index is 3.32. The first-order valence-electron chi connectivity index (χ1n) is 4.26. The van der Waals surface area contributed by atoms with E-state index in [1.165, 1.54) is 14.2 Å². The van der Waals surface area contributed by atoms with Crippen LogP contribution in [-0.4, -0.2) is 14.2 Å². The second-order valence-electron chi connectivity index (χ2n) is 2.80. The molecule has 0 bridgehead atoms. The zero-order valence-electron chi connectivity index (χ0n) is 8.57. The Hall–Kier alpha value is -2.20. The van der Waals surface area contributed by atoms with Crippen LogP contribution in [0.3, 0.4) is 0 Å². The van der Waals surface area contributed by atoms with Crippen molar-refractivity contribution < 1.29 is 9.47 Å². The number of hydrogen-bond acceptors (Lipinski definition) is 3. The molecule has 0 amide bonds. The summed E-state index contributed by atoms with van der Waals surface area (Å²) < 4.78 is 10.1. The highest BCUT2D eigenvalue weighted by Crippen LogP contribution is 2.38. The van der Waals surface area contributed by atoms with E-state index in [4.69, 9.17) is 21.3 Å². The highest BCUT2D eigenvalue weighted by atomic mass is 16.5. The third kappa shape index (κ3) is 2.18. The number of benzene rings is 1. The van der Waals surface area contributed by atoms with E-state index in [1.54, 1.807) is 12.1 Å². The molecule has 0 N–H and O–H groups in total. The molecule has 0 saturated heterocycles. The van der Waals surface area contributed by atoms with Gasteiger partial charge >= 0.3 is 0 Å². The van der Waals surface area contributed by atoms with Crippen molar-refractivity contribution in [2.75, 3.05) is 14.2 Å². The maximum atomic E-state index is 8.58. The van der Waals surface area contributed by atoms with E-state index < -0.39 is 0 Å². The summed E-state index contributed by atoms with van der Waals surface area (Å²) in [4.78, 5) is 3.33. The lowest BCUT2D eigenvalue weighted by Crippen LogP contribution is -1.91. The number of nitrogens with zero attached hydrogens (tertiary/aromatic N) is 2. The largest absolute Gasteiger partial charge is 0.508 e. The van der Waals surface area contributed by atoms with Crippen LogP contribution in [0.2, 0.25) is 0 Å². The summed E-state index contributed by atoms with van der Waals surface area (Å²) in [5, 5.41) is 8.58. The Morgan fingerprint density at radius 1 is 1.33 bits per heavy atom. The number of nitriles is 1. The Kier molecular flexibility index (Phi) is 3.54. The van der Waals surface area contributed by atoms with Crippen LogP contribution in [0.25, 0.3) is 4.85 Å². The second-order valence-corrected chi connectivity index (χ2v) is 2.80. The average Bonchev–Trinajstić information content (AvgIpc) is 2.28. The second kappa shape index (κ2) is 4.88. The van der Waals surface area contributed by atoms with Gasteiger partial charge in [0, 0.05) is 0 Å². The lowest BCUT2D eigenvalue weighted by molar-refractivity contribution is 0.398. The SMILES string of the molecule is [C-]#[N+]c1c(OC)cc(CC#N)cc1OC. The van der Waals surface area contributed by atoms with Crippen molar-refractivity contribution in [3.05, 3.63) is 29.1 Å². The molecular formula is C11H10N2O2. The first-order chi connectivity index (χ1) is 7.26. The van der Waals surface area contributed by atoms with E-state index in [0.29, 0.717) is 17.2 Å². The van der Waals surface area contributed by atoms with E-state index in [1.807, 2.05) is 6.07 Å². The maximum absolute atomic E-state index is 8.58. The fraction of sp³-hybridized carbons (Fsp3) is 0.273. The molecule has 0 fully saturated rings. The zero-order chi connectivity index (χ0) is 11.3. The van der Waals surface area contributed by atoms with Crippen LogP contribution < -0.4 is 9.47 Å². The predicted octanol–water partition coefficient (Wildman–Crippen LogP) is 2.32. The average molecular weight is 202 g/mol. The molecule has 4 nitrogen and oxygen atoms in total. The molecule has 4 heteroatoms. The Morgan fingerprint density at radius 2 is 1.87 bits per heavy atom. The minimum Gasteiger partial charge on any atom is -0.508 e. The number of methoxy groups -OCH3 is 2. The molecule has 0 aliphatic rings. The van der Waals surface area contributed by atoms with Gasteiger partial charge in [0.1, 0.15) is 11.5 Å². The summed E-state index contributed by atoms with van der Waals surface area (Å²) in [7, 11) is 2.97. The van der Waals surface area contributed by atoms with Crippen LogP contribution in [0.15, 0.2) is 12.1 Å². The van der Waals surface area contributed by atoms with E-state index in [-0.39, 0.29) is 6.42 Å². The van der Waals surface area contributed by atoms with Gasteiger partial charge in [-0.3, -0.25) is 0 Å². The zero-order valence-corrected chi connectivity index (χ0v) is 8.57. The maximum Gasteiger partial charge on any atom is 0.268 e. The third-order valence-electron chi connectivity index (χ3n) is 1.93. The molecule has 15 heavy (non-hydrogen) atoms. The van der Waals surface area contributed by atoms with Crippen molar-refractivity contribution in [2.24, 2.45) is 0 Å². The number of rotatable bonds is 3. The molecule has 0 aliphatic heterocycles. The molecule has 0 aliphatic carbocycles. The Labute approximate surface area is 88.5 Å². The van der Waals surface area contributed by atoms with Crippen LogP contribution in [0, 0.1) is 17.9 Å². The lowest BCUT2D eigenvalue weighted by Gasteiger charge is -2.09. The quantitative estimate of drug-likeness (QED) is 0.706. The highest BCUT2D eigenvalue weighted by molar-refractivity contribution is 5.68. The van der Waals surface area contributed by atoms with Crippen LogP contribution in [0.5, 0.6) is 11.5 Å². The summed E-state index contributed by atoms with van der Waals surface area (Å²) in [6.45, 7) is 7.00. The van der Waals surface area contributed by atoms with Crippen molar-refractivity contribution in [3.63, 3.8) is 0 Å². The molecule has 1 aromatic rings. The molecule has 0 spiro atoms. The number of hydrogen-bond donors (Lipinski definition) is 0. The molecule has 1 aromatic carbocycles. The van der Waals surface area contributed by atoms with E-state index in [0.717, 1.165) is 5.56 Å². The van der Waals surface area contributed by atoms with Crippen molar-refractivity contribution in [3.8, 4) is 17.6 Å². The molecular weight excluding hydrogens is 192 g/mol. The summed E-state index contributed by atoms with van der Waals surface area (Å²) in [6, 6.07) is 5.39. The van der Waals surface area contributed by atoms with Crippen molar-refractivity contribution in [1.82, 2.24) is 0 Å². The minimum atomic E-state index is 0.269. The van der Waals surface area contributed by atoms with E-state index in [2.05, 4.69) is 4.85 Å². The topological polar surface area (TPSA) is 46.6 Å². The smallest absolute Gasteiger partial charge is 0.268 e. The standard InChI is InChI=1S/C11H10N2O2/c1-13-11-9(14-2)6-8(4-5-12)7-10(11)15-3/h6-7H,4H2,2-3H3. The van der Waals surface area contributed by atoms with Crippen molar-refractivity contribution >= 4 is 5.69 Å². The van der Waals surface area contributed by atoms with Gasteiger partial charge in [0.25, 0.3) is 5.69 Å². The fourth-order valence-corrected chi connectivity index (χ4v) is 1.25. The van der Waals surface area contributed by atoms with Gasteiger partial charge in [-0.05, 0) is 17.7 Å². The minimum absolute atomic E-state index is 0.269. The fourth-order valence-electron chi connectivity index (χ4n) is 1.25. The molecule has 0 heterocycles. The third-order valence-corrected chi connectivity index (χ3v) is 1.93. The first-order valence-corrected chi connectivity index (χ1v) is 4.26. The highest BCUT2D eigenvalue weighted by Gasteiger charge is 2.12. The van der Waals surface area contributed by atoms with Gasteiger partial charge in [0.15, 0.2) is 0 Å². The molecule has 0 saturated carbocycles. The van der Waals surface area contributed by atoms with Crippen LogP contribution in [0.4, 0.5) is 5.69 Å². The predicted molar refractivity (Wildman–Crippen MR) is 55.1 cm³/mol. The molecule has 0 atom stereocenters. The normalized spacial score (nSPS) is 8.80. The Morgan fingerprint density at radius 3 is 2.20 bits per heavy atom. The number of ether oxygens (including phenoxy) is 2. The van der Waals surface area contributed by atoms with Gasteiger partial charge in [-0.15, -0.1) is 0 Å². The van der Waals surface area contributed by atoms with Gasteiger partial charge in [-0.25, -0.2) is 4.85 Å². The van der Waals surface area contributed by atoms with Crippen molar-refractivity contribution in [2.45, 2.75) is 6.42 Å². The molecule has 76 valence electrons. The monoisotopic (exact) mass is 202 g/mol. The molecule has 0 radical (unpaired) electrons. The molecule has 1 rings (SSSR count). The van der Waals surface area contributed by atoms with Crippen molar-refractivity contribution in [1.29, 1.82) is 5.26 Å². The van der Waals surface area contributed by atoms with Gasteiger partial charge < -0.3 is 9.47 Å². The summed E-state index contributed by atoms with van der Waals surface area (Å²) >= 11 is 0. The van der Waals surface area contributed by atoms with Crippen LogP contribution in [-0.2, 0) is 6.42 Å². The summed E-state index contributed by atoms with van der Waals surface area (Å²) in [5.74, 6) is 0.879. The molecule has 0 unspecified atom stereocenters. The van der Waals surface area contributed by atoms with Crippen LogP contribution in [0.1, 0.15) is 5.56 Å². The summed E-state index contributed by atoms with van der Waals surface area (Å²) in [6.07, 6.45) is 0.269. The van der Waals surface area contributed by atoms with Gasteiger partial charge in [0.2, 0.25) is 0 Å². The van der Waals surface area contributed by atoms with Gasteiger partial charge in [0.05, 0.1) is 33.3 Å². The lowest BCUT2D eigenvalue weighted by atomic mass is 10.1. The van der Waals surface area contributed by atoms with E-state index in [9.17, 15) is 0 Å². The Bertz CT molecular complexity index is 416. The van der Waals surface area contributed by atoms with Gasteiger partial charge in [-0.2, -0.15) is 5.26 Å².